The summed E-state index contributed by atoms with van der Waals surface area (Å²) in [4.78, 5) is 27.3. The third-order valence-corrected chi connectivity index (χ3v) is 5.82. The SMILES string of the molecule is CCCN(CCC)C(=O)c1cc(C)cc(C(=O)NCC(O)C(C)COCCCO)c1.Cc1cc(F)cc(F)c1. The third kappa shape index (κ3) is 13.2. The Labute approximate surface area is 231 Å². The average molecular weight is 551 g/mol. The van der Waals surface area contributed by atoms with Gasteiger partial charge in [-0.3, -0.25) is 9.59 Å². The van der Waals surface area contributed by atoms with E-state index < -0.39 is 17.7 Å². The van der Waals surface area contributed by atoms with E-state index in [0.29, 0.717) is 49.4 Å². The van der Waals surface area contributed by atoms with Gasteiger partial charge in [-0.2, -0.15) is 0 Å². The van der Waals surface area contributed by atoms with Crippen LogP contribution in [0.1, 0.15) is 71.9 Å². The number of carbonyl (C=O) groups is 2. The van der Waals surface area contributed by atoms with E-state index in [4.69, 9.17) is 9.84 Å². The number of rotatable bonds is 14. The van der Waals surface area contributed by atoms with Crippen LogP contribution in [0.25, 0.3) is 0 Å². The fourth-order valence-corrected chi connectivity index (χ4v) is 3.81. The van der Waals surface area contributed by atoms with Crippen molar-refractivity contribution in [1.29, 1.82) is 0 Å². The predicted molar refractivity (Wildman–Crippen MR) is 149 cm³/mol. The molecule has 2 unspecified atom stereocenters. The highest BCUT2D eigenvalue weighted by molar-refractivity contribution is 6.00. The van der Waals surface area contributed by atoms with Crippen molar-refractivity contribution in [2.75, 3.05) is 39.5 Å². The Bertz CT molecular complexity index is 978. The summed E-state index contributed by atoms with van der Waals surface area (Å²) in [7, 11) is 0. The molecule has 39 heavy (non-hydrogen) atoms. The lowest BCUT2D eigenvalue weighted by Crippen LogP contribution is -2.37. The molecule has 0 spiro atoms. The number of halogens is 2. The van der Waals surface area contributed by atoms with Crippen molar-refractivity contribution in [1.82, 2.24) is 10.2 Å². The molecule has 0 aliphatic carbocycles. The predicted octanol–water partition coefficient (Wildman–Crippen LogP) is 4.66. The van der Waals surface area contributed by atoms with Crippen molar-refractivity contribution in [3.8, 4) is 0 Å². The molecule has 9 heteroatoms. The van der Waals surface area contributed by atoms with Crippen LogP contribution < -0.4 is 5.32 Å². The van der Waals surface area contributed by atoms with E-state index in [1.165, 1.54) is 12.1 Å². The Kier molecular flexibility index (Phi) is 16.1. The number of amides is 2. The summed E-state index contributed by atoms with van der Waals surface area (Å²) >= 11 is 0. The number of aryl methyl sites for hydroxylation is 2. The zero-order valence-electron chi connectivity index (χ0n) is 23.8. The lowest BCUT2D eigenvalue weighted by atomic mass is 10.0. The van der Waals surface area contributed by atoms with Crippen LogP contribution in [0, 0.1) is 31.4 Å². The van der Waals surface area contributed by atoms with Crippen LogP contribution >= 0.6 is 0 Å². The number of aliphatic hydroxyl groups excluding tert-OH is 2. The first-order chi connectivity index (χ1) is 18.5. The first-order valence-electron chi connectivity index (χ1n) is 13.5. The second-order valence-corrected chi connectivity index (χ2v) is 9.73. The number of nitrogens with zero attached hydrogens (tertiary/aromatic N) is 1. The van der Waals surface area contributed by atoms with E-state index in [-0.39, 0.29) is 30.9 Å². The quantitative estimate of drug-likeness (QED) is 0.297. The molecule has 2 atom stereocenters. The highest BCUT2D eigenvalue weighted by Gasteiger charge is 2.19. The Morgan fingerprint density at radius 2 is 1.51 bits per heavy atom. The topological polar surface area (TPSA) is 99.1 Å². The first kappa shape index (κ1) is 34.1. The largest absolute Gasteiger partial charge is 0.396 e. The Morgan fingerprint density at radius 3 is 2.05 bits per heavy atom. The Balaban J connectivity index is 0.000000708. The summed E-state index contributed by atoms with van der Waals surface area (Å²) in [6.07, 6.45) is 1.57. The minimum absolute atomic E-state index is 0.0647. The van der Waals surface area contributed by atoms with Crippen LogP contribution in [0.2, 0.25) is 0 Å². The molecule has 218 valence electrons. The summed E-state index contributed by atoms with van der Waals surface area (Å²) in [5.41, 5.74) is 2.36. The molecular weight excluding hydrogens is 506 g/mol. The van der Waals surface area contributed by atoms with E-state index in [0.717, 1.165) is 24.5 Å². The first-order valence-corrected chi connectivity index (χ1v) is 13.5. The van der Waals surface area contributed by atoms with Gasteiger partial charge in [-0.15, -0.1) is 0 Å². The van der Waals surface area contributed by atoms with Gasteiger partial charge in [0.1, 0.15) is 11.6 Å². The zero-order valence-corrected chi connectivity index (χ0v) is 23.8. The van der Waals surface area contributed by atoms with Crippen molar-refractivity contribution in [3.05, 3.63) is 70.3 Å². The molecule has 0 aliphatic heterocycles. The fraction of sp³-hybridized carbons (Fsp3) is 0.533. The van der Waals surface area contributed by atoms with Crippen LogP contribution in [0.5, 0.6) is 0 Å². The number of carbonyl (C=O) groups excluding carboxylic acids is 2. The summed E-state index contributed by atoms with van der Waals surface area (Å²) in [5.74, 6) is -1.59. The summed E-state index contributed by atoms with van der Waals surface area (Å²) < 4.78 is 29.8. The number of aliphatic hydroxyl groups is 2. The molecule has 0 heterocycles. The molecule has 0 aromatic heterocycles. The van der Waals surface area contributed by atoms with Crippen molar-refractivity contribution < 1.29 is 33.3 Å². The van der Waals surface area contributed by atoms with Gasteiger partial charge in [0, 0.05) is 56.0 Å². The number of benzene rings is 2. The molecule has 2 aromatic carbocycles. The molecule has 0 aliphatic rings. The minimum Gasteiger partial charge on any atom is -0.396 e. The maximum absolute atomic E-state index is 12.9. The standard InChI is InChI=1S/C23H38N2O5.C7H6F2/c1-5-8-25(9-6-2)23(29)20-13-17(3)12-19(14-20)22(28)24-15-21(27)18(4)16-30-11-7-10-26;1-5-2-6(8)4-7(9)3-5/h12-14,18,21,26-27H,5-11,15-16H2,1-4H3,(H,24,28);2-4H,1H3. The van der Waals surface area contributed by atoms with Gasteiger partial charge < -0.3 is 25.2 Å². The molecule has 2 aromatic rings. The summed E-state index contributed by atoms with van der Waals surface area (Å²) in [5, 5.41) is 21.7. The minimum atomic E-state index is -0.751. The lowest BCUT2D eigenvalue weighted by Gasteiger charge is -2.22. The molecule has 0 radical (unpaired) electrons. The second-order valence-electron chi connectivity index (χ2n) is 9.73. The van der Waals surface area contributed by atoms with Gasteiger partial charge in [0.2, 0.25) is 0 Å². The monoisotopic (exact) mass is 550 g/mol. The third-order valence-electron chi connectivity index (χ3n) is 5.82. The average Bonchev–Trinajstić information content (AvgIpc) is 2.88. The van der Waals surface area contributed by atoms with E-state index >= 15 is 0 Å². The molecule has 2 amide bonds. The maximum atomic E-state index is 12.9. The second kappa shape index (κ2) is 18.4. The Hall–Kier alpha value is -2.88. The highest BCUT2D eigenvalue weighted by Crippen LogP contribution is 2.14. The zero-order chi connectivity index (χ0) is 29.4. The lowest BCUT2D eigenvalue weighted by molar-refractivity contribution is 0.0310. The fourth-order valence-electron chi connectivity index (χ4n) is 3.81. The van der Waals surface area contributed by atoms with E-state index in [9.17, 15) is 23.5 Å². The molecule has 2 rings (SSSR count). The van der Waals surface area contributed by atoms with Crippen LogP contribution in [0.15, 0.2) is 36.4 Å². The van der Waals surface area contributed by atoms with E-state index in [1.54, 1.807) is 25.1 Å². The maximum Gasteiger partial charge on any atom is 0.253 e. The molecule has 0 fully saturated rings. The van der Waals surface area contributed by atoms with Gasteiger partial charge in [0.05, 0.1) is 12.7 Å². The van der Waals surface area contributed by atoms with E-state index in [1.807, 2.05) is 32.6 Å². The molecule has 7 nitrogen and oxygen atoms in total. The van der Waals surface area contributed by atoms with Gasteiger partial charge in [0.25, 0.3) is 11.8 Å². The summed E-state index contributed by atoms with van der Waals surface area (Å²) in [6.45, 7) is 11.8. The van der Waals surface area contributed by atoms with Crippen molar-refractivity contribution in [2.24, 2.45) is 5.92 Å². The van der Waals surface area contributed by atoms with Crippen LogP contribution in [-0.4, -0.2) is 72.5 Å². The molecular formula is C30H44F2N2O5. The number of hydrogen-bond donors (Lipinski definition) is 3. The normalized spacial score (nSPS) is 12.2. The van der Waals surface area contributed by atoms with Gasteiger partial charge in [-0.1, -0.05) is 20.8 Å². The molecule has 3 N–H and O–H groups in total. The molecule has 0 bridgehead atoms. The number of nitrogens with one attached hydrogen (secondary N) is 1. The summed E-state index contributed by atoms with van der Waals surface area (Å²) in [6, 6.07) is 8.58. The van der Waals surface area contributed by atoms with Crippen LogP contribution in [0.4, 0.5) is 8.78 Å². The van der Waals surface area contributed by atoms with Crippen molar-refractivity contribution in [2.45, 2.75) is 60.0 Å². The highest BCUT2D eigenvalue weighted by atomic mass is 19.1. The van der Waals surface area contributed by atoms with Crippen molar-refractivity contribution in [3.63, 3.8) is 0 Å². The number of hydrogen-bond acceptors (Lipinski definition) is 5. The van der Waals surface area contributed by atoms with Crippen LogP contribution in [-0.2, 0) is 4.74 Å². The molecule has 0 saturated heterocycles. The van der Waals surface area contributed by atoms with Crippen LogP contribution in [0.3, 0.4) is 0 Å². The molecule has 0 saturated carbocycles. The van der Waals surface area contributed by atoms with Gasteiger partial charge in [0.15, 0.2) is 0 Å². The van der Waals surface area contributed by atoms with Crippen molar-refractivity contribution >= 4 is 11.8 Å². The van der Waals surface area contributed by atoms with E-state index in [2.05, 4.69) is 5.32 Å². The smallest absolute Gasteiger partial charge is 0.253 e. The van der Waals surface area contributed by atoms with Gasteiger partial charge in [-0.25, -0.2) is 8.78 Å². The number of ether oxygens (including phenoxy) is 1. The Morgan fingerprint density at radius 1 is 0.949 bits per heavy atom. The van der Waals surface area contributed by atoms with Gasteiger partial charge >= 0.3 is 0 Å². The van der Waals surface area contributed by atoms with Gasteiger partial charge in [-0.05, 0) is 74.6 Å².